The Morgan fingerprint density at radius 2 is 1.41 bits per heavy atom. The smallest absolute Gasteiger partial charge is 0.218 e. The molecule has 0 amide bonds. The van der Waals surface area contributed by atoms with Crippen LogP contribution in [0.15, 0.2) is 73.1 Å². The highest BCUT2D eigenvalue weighted by atomic mass is 16.4. The van der Waals surface area contributed by atoms with Gasteiger partial charge in [0.2, 0.25) is 5.72 Å². The second-order valence-corrected chi connectivity index (χ2v) is 5.32. The third-order valence-corrected chi connectivity index (χ3v) is 3.95. The van der Waals surface area contributed by atoms with Crippen LogP contribution in [0.3, 0.4) is 0 Å². The molecule has 0 fully saturated rings. The summed E-state index contributed by atoms with van der Waals surface area (Å²) in [4.78, 5) is 0. The van der Waals surface area contributed by atoms with E-state index >= 15 is 0 Å². The van der Waals surface area contributed by atoms with Crippen LogP contribution in [-0.2, 0) is 11.3 Å². The number of rotatable bonds is 4. The predicted octanol–water partition coefficient (Wildman–Crippen LogP) is 1.88. The van der Waals surface area contributed by atoms with E-state index in [0.717, 1.165) is 0 Å². The molecule has 2 atom stereocenters. The molecule has 5 nitrogen and oxygen atoms in total. The highest BCUT2D eigenvalue weighted by Crippen LogP contribution is 2.40. The second-order valence-electron chi connectivity index (χ2n) is 5.32. The SMILES string of the molecule is CC(O)(c1ccccc1)C(O)(c1ccccc1)n1ccnn1. The first-order valence-corrected chi connectivity index (χ1v) is 6.99. The molecule has 2 aromatic carbocycles. The minimum absolute atomic E-state index is 0.523. The molecular formula is C17H17N3O2. The maximum absolute atomic E-state index is 11.4. The van der Waals surface area contributed by atoms with Crippen molar-refractivity contribution in [2.24, 2.45) is 0 Å². The Labute approximate surface area is 128 Å². The van der Waals surface area contributed by atoms with E-state index in [-0.39, 0.29) is 0 Å². The van der Waals surface area contributed by atoms with Crippen molar-refractivity contribution in [1.82, 2.24) is 15.0 Å². The number of aromatic nitrogens is 3. The summed E-state index contributed by atoms with van der Waals surface area (Å²) in [6, 6.07) is 18.0. The predicted molar refractivity (Wildman–Crippen MR) is 81.8 cm³/mol. The molecule has 3 rings (SSSR count). The first-order chi connectivity index (χ1) is 10.6. The summed E-state index contributed by atoms with van der Waals surface area (Å²) >= 11 is 0. The van der Waals surface area contributed by atoms with Crippen molar-refractivity contribution < 1.29 is 10.2 Å². The molecule has 2 N–H and O–H groups in total. The second kappa shape index (κ2) is 5.36. The van der Waals surface area contributed by atoms with E-state index in [1.807, 2.05) is 24.3 Å². The van der Waals surface area contributed by atoms with Crippen molar-refractivity contribution >= 4 is 0 Å². The Hall–Kier alpha value is -2.50. The van der Waals surface area contributed by atoms with Gasteiger partial charge in [0.05, 0.1) is 6.20 Å². The normalized spacial score (nSPS) is 16.7. The highest BCUT2D eigenvalue weighted by molar-refractivity contribution is 5.33. The summed E-state index contributed by atoms with van der Waals surface area (Å²) in [5, 5.41) is 30.3. The summed E-state index contributed by atoms with van der Waals surface area (Å²) in [7, 11) is 0. The van der Waals surface area contributed by atoms with Gasteiger partial charge in [-0.3, -0.25) is 0 Å². The molecule has 0 aliphatic heterocycles. The number of hydrogen-bond acceptors (Lipinski definition) is 4. The fraction of sp³-hybridized carbons (Fsp3) is 0.176. The maximum atomic E-state index is 11.4. The van der Waals surface area contributed by atoms with E-state index in [0.29, 0.717) is 11.1 Å². The molecule has 0 bridgehead atoms. The third kappa shape index (κ3) is 2.11. The van der Waals surface area contributed by atoms with Crippen LogP contribution in [0.25, 0.3) is 0 Å². The molecule has 0 spiro atoms. The molecule has 0 aliphatic rings. The molecular weight excluding hydrogens is 278 g/mol. The summed E-state index contributed by atoms with van der Waals surface area (Å²) in [5.41, 5.74) is -2.29. The first kappa shape index (κ1) is 14.4. The van der Waals surface area contributed by atoms with Gasteiger partial charge in [0.15, 0.2) is 0 Å². The van der Waals surface area contributed by atoms with E-state index in [4.69, 9.17) is 0 Å². The van der Waals surface area contributed by atoms with Gasteiger partial charge in [0, 0.05) is 11.8 Å². The summed E-state index contributed by atoms with van der Waals surface area (Å²) in [6.07, 6.45) is 3.00. The molecule has 5 heteroatoms. The standard InChI is InChI=1S/C17H17N3O2/c1-16(21,14-8-4-2-5-9-14)17(22,20-13-12-18-19-20)15-10-6-3-7-11-15/h2-13,21-22H,1H3. The van der Waals surface area contributed by atoms with Gasteiger partial charge in [-0.05, 0) is 12.5 Å². The van der Waals surface area contributed by atoms with Crippen LogP contribution >= 0.6 is 0 Å². The Morgan fingerprint density at radius 1 is 0.864 bits per heavy atom. The van der Waals surface area contributed by atoms with E-state index < -0.39 is 11.3 Å². The average Bonchev–Trinajstić information content (AvgIpc) is 3.10. The minimum atomic E-state index is -1.79. The first-order valence-electron chi connectivity index (χ1n) is 6.99. The molecule has 0 saturated heterocycles. The third-order valence-electron chi connectivity index (χ3n) is 3.95. The fourth-order valence-corrected chi connectivity index (χ4v) is 2.65. The zero-order valence-electron chi connectivity index (χ0n) is 12.2. The maximum Gasteiger partial charge on any atom is 0.218 e. The molecule has 2 unspecified atom stereocenters. The summed E-state index contributed by atoms with van der Waals surface area (Å²) in [5.74, 6) is 0. The largest absolute Gasteiger partial charge is 0.380 e. The van der Waals surface area contributed by atoms with Gasteiger partial charge in [0.25, 0.3) is 0 Å². The minimum Gasteiger partial charge on any atom is -0.380 e. The lowest BCUT2D eigenvalue weighted by Crippen LogP contribution is -2.53. The van der Waals surface area contributed by atoms with Crippen LogP contribution in [0, 0.1) is 0 Å². The number of hydrogen-bond donors (Lipinski definition) is 2. The van der Waals surface area contributed by atoms with Crippen molar-refractivity contribution in [3.05, 3.63) is 84.2 Å². The Kier molecular flexibility index (Phi) is 3.52. The molecule has 1 heterocycles. The van der Waals surface area contributed by atoms with Gasteiger partial charge >= 0.3 is 0 Å². The topological polar surface area (TPSA) is 71.2 Å². The molecule has 112 valence electrons. The Morgan fingerprint density at radius 3 is 1.91 bits per heavy atom. The van der Waals surface area contributed by atoms with Crippen molar-refractivity contribution in [2.75, 3.05) is 0 Å². The van der Waals surface area contributed by atoms with Gasteiger partial charge in [-0.25, -0.2) is 4.68 Å². The Balaban J connectivity index is 2.23. The van der Waals surface area contributed by atoms with Crippen LogP contribution in [0.1, 0.15) is 18.1 Å². The van der Waals surface area contributed by atoms with Crippen molar-refractivity contribution in [2.45, 2.75) is 18.2 Å². The molecule has 22 heavy (non-hydrogen) atoms. The Bertz CT molecular complexity index is 727. The lowest BCUT2D eigenvalue weighted by Gasteiger charge is -2.41. The van der Waals surface area contributed by atoms with Crippen molar-refractivity contribution in [3.8, 4) is 0 Å². The zero-order chi connectivity index (χ0) is 15.6. The molecule has 0 radical (unpaired) electrons. The van der Waals surface area contributed by atoms with Crippen LogP contribution in [-0.4, -0.2) is 25.2 Å². The lowest BCUT2D eigenvalue weighted by molar-refractivity contribution is -0.179. The molecule has 0 saturated carbocycles. The van der Waals surface area contributed by atoms with Gasteiger partial charge in [0.1, 0.15) is 5.60 Å². The number of benzene rings is 2. The van der Waals surface area contributed by atoms with Crippen molar-refractivity contribution in [3.63, 3.8) is 0 Å². The van der Waals surface area contributed by atoms with E-state index in [1.165, 1.54) is 17.1 Å². The molecule has 0 aliphatic carbocycles. The molecule has 3 aromatic rings. The highest BCUT2D eigenvalue weighted by Gasteiger charge is 2.51. The summed E-state index contributed by atoms with van der Waals surface area (Å²) in [6.45, 7) is 1.57. The van der Waals surface area contributed by atoms with E-state index in [1.54, 1.807) is 43.3 Å². The van der Waals surface area contributed by atoms with Crippen molar-refractivity contribution in [1.29, 1.82) is 0 Å². The van der Waals surface area contributed by atoms with Crippen LogP contribution in [0.4, 0.5) is 0 Å². The van der Waals surface area contributed by atoms with Gasteiger partial charge in [-0.2, -0.15) is 0 Å². The average molecular weight is 295 g/mol. The zero-order valence-corrected chi connectivity index (χ0v) is 12.2. The van der Waals surface area contributed by atoms with Gasteiger partial charge in [-0.15, -0.1) is 5.10 Å². The number of nitrogens with zero attached hydrogens (tertiary/aromatic N) is 3. The van der Waals surface area contributed by atoms with Gasteiger partial charge < -0.3 is 10.2 Å². The van der Waals surface area contributed by atoms with Crippen LogP contribution in [0.2, 0.25) is 0 Å². The van der Waals surface area contributed by atoms with Crippen LogP contribution in [0.5, 0.6) is 0 Å². The fourth-order valence-electron chi connectivity index (χ4n) is 2.65. The lowest BCUT2D eigenvalue weighted by atomic mass is 9.80. The quantitative estimate of drug-likeness (QED) is 0.771. The van der Waals surface area contributed by atoms with Crippen LogP contribution < -0.4 is 0 Å². The number of aliphatic hydroxyl groups is 2. The van der Waals surface area contributed by atoms with Gasteiger partial charge in [-0.1, -0.05) is 65.9 Å². The monoisotopic (exact) mass is 295 g/mol. The van der Waals surface area contributed by atoms with E-state index in [9.17, 15) is 10.2 Å². The summed E-state index contributed by atoms with van der Waals surface area (Å²) < 4.78 is 1.27. The molecule has 1 aromatic heterocycles. The van der Waals surface area contributed by atoms with E-state index in [2.05, 4.69) is 10.3 Å².